The molecule has 0 radical (unpaired) electrons. The van der Waals surface area contributed by atoms with E-state index in [1.807, 2.05) is 0 Å². The van der Waals surface area contributed by atoms with E-state index in [0.717, 1.165) is 25.7 Å². The topological polar surface area (TPSA) is 55.4 Å². The van der Waals surface area contributed by atoms with Crippen molar-refractivity contribution in [2.24, 2.45) is 5.92 Å². The van der Waals surface area contributed by atoms with E-state index in [1.54, 1.807) is 0 Å². The molecule has 1 fully saturated rings. The standard InChI is InChI=1S/C10H17NO3/c1-7(12)11-9-6-4-3-5-8(9)10(13)14-2/h8-9H,3-6H2,1-2H3,(H,11,12)/t8-,9-/m0/s1. The summed E-state index contributed by atoms with van der Waals surface area (Å²) in [6, 6.07) is -0.0336. The van der Waals surface area contributed by atoms with Crippen LogP contribution in [0.2, 0.25) is 0 Å². The van der Waals surface area contributed by atoms with Crippen molar-refractivity contribution in [1.29, 1.82) is 0 Å². The summed E-state index contributed by atoms with van der Waals surface area (Å²) < 4.78 is 4.71. The maximum absolute atomic E-state index is 11.4. The van der Waals surface area contributed by atoms with Gasteiger partial charge in [-0.25, -0.2) is 0 Å². The van der Waals surface area contributed by atoms with Crippen LogP contribution >= 0.6 is 0 Å². The number of ether oxygens (including phenoxy) is 1. The van der Waals surface area contributed by atoms with Crippen LogP contribution in [0.4, 0.5) is 0 Å². The predicted molar refractivity (Wildman–Crippen MR) is 51.6 cm³/mol. The summed E-state index contributed by atoms with van der Waals surface area (Å²) in [6.07, 6.45) is 3.80. The maximum atomic E-state index is 11.4. The predicted octanol–water partition coefficient (Wildman–Crippen LogP) is 0.854. The summed E-state index contributed by atoms with van der Waals surface area (Å²) >= 11 is 0. The molecule has 0 bridgehead atoms. The van der Waals surface area contributed by atoms with Gasteiger partial charge in [0.15, 0.2) is 0 Å². The lowest BCUT2D eigenvalue weighted by Crippen LogP contribution is -2.44. The minimum Gasteiger partial charge on any atom is -0.469 e. The van der Waals surface area contributed by atoms with Crippen LogP contribution in [0.3, 0.4) is 0 Å². The largest absolute Gasteiger partial charge is 0.469 e. The monoisotopic (exact) mass is 199 g/mol. The molecular weight excluding hydrogens is 182 g/mol. The fourth-order valence-corrected chi connectivity index (χ4v) is 2.00. The van der Waals surface area contributed by atoms with Gasteiger partial charge in [-0.2, -0.15) is 0 Å². The van der Waals surface area contributed by atoms with Crippen molar-refractivity contribution < 1.29 is 14.3 Å². The van der Waals surface area contributed by atoms with Crippen LogP contribution < -0.4 is 5.32 Å². The molecule has 1 rings (SSSR count). The minimum atomic E-state index is -0.205. The molecule has 4 nitrogen and oxygen atoms in total. The smallest absolute Gasteiger partial charge is 0.310 e. The van der Waals surface area contributed by atoms with Gasteiger partial charge in [0.1, 0.15) is 0 Å². The molecule has 1 aliphatic rings. The number of carbonyl (C=O) groups excluding carboxylic acids is 2. The molecule has 0 aliphatic heterocycles. The zero-order chi connectivity index (χ0) is 10.6. The maximum Gasteiger partial charge on any atom is 0.310 e. The summed E-state index contributed by atoms with van der Waals surface area (Å²) in [4.78, 5) is 22.3. The fraction of sp³-hybridized carbons (Fsp3) is 0.800. The average molecular weight is 199 g/mol. The highest BCUT2D eigenvalue weighted by molar-refractivity contribution is 5.77. The van der Waals surface area contributed by atoms with E-state index in [1.165, 1.54) is 14.0 Å². The van der Waals surface area contributed by atoms with Crippen LogP contribution in [0.5, 0.6) is 0 Å². The summed E-state index contributed by atoms with van der Waals surface area (Å²) in [7, 11) is 1.39. The third-order valence-corrected chi connectivity index (χ3v) is 2.66. The highest BCUT2D eigenvalue weighted by Gasteiger charge is 2.31. The Bertz CT molecular complexity index is 227. The molecule has 1 amide bonds. The molecule has 0 aromatic rings. The zero-order valence-corrected chi connectivity index (χ0v) is 8.71. The van der Waals surface area contributed by atoms with Crippen molar-refractivity contribution in [2.75, 3.05) is 7.11 Å². The van der Waals surface area contributed by atoms with E-state index in [-0.39, 0.29) is 23.8 Å². The second-order valence-corrected chi connectivity index (χ2v) is 3.72. The molecule has 1 saturated carbocycles. The molecule has 2 atom stereocenters. The number of nitrogens with one attached hydrogen (secondary N) is 1. The number of rotatable bonds is 2. The van der Waals surface area contributed by atoms with Gasteiger partial charge in [-0.05, 0) is 12.8 Å². The first-order valence-electron chi connectivity index (χ1n) is 5.00. The molecule has 0 saturated heterocycles. The Morgan fingerprint density at radius 2 is 1.93 bits per heavy atom. The molecule has 0 heterocycles. The fourth-order valence-electron chi connectivity index (χ4n) is 2.00. The van der Waals surface area contributed by atoms with Crippen molar-refractivity contribution in [3.05, 3.63) is 0 Å². The lowest BCUT2D eigenvalue weighted by atomic mass is 9.84. The highest BCUT2D eigenvalue weighted by atomic mass is 16.5. The van der Waals surface area contributed by atoms with Crippen LogP contribution in [0, 0.1) is 5.92 Å². The summed E-state index contributed by atoms with van der Waals surface area (Å²) in [6.45, 7) is 1.48. The summed E-state index contributed by atoms with van der Waals surface area (Å²) in [5.74, 6) is -0.438. The SMILES string of the molecule is COC(=O)[C@H]1CCCC[C@@H]1NC(C)=O. The van der Waals surface area contributed by atoms with Gasteiger partial charge < -0.3 is 10.1 Å². The second-order valence-electron chi connectivity index (χ2n) is 3.72. The van der Waals surface area contributed by atoms with Crippen molar-refractivity contribution in [1.82, 2.24) is 5.32 Å². The third kappa shape index (κ3) is 2.72. The van der Waals surface area contributed by atoms with Gasteiger partial charge in [-0.3, -0.25) is 9.59 Å². The van der Waals surface area contributed by atoms with Crippen LogP contribution in [-0.2, 0) is 14.3 Å². The first kappa shape index (κ1) is 11.0. The molecule has 4 heteroatoms. The number of methoxy groups -OCH3 is 1. The molecule has 0 aromatic heterocycles. The zero-order valence-electron chi connectivity index (χ0n) is 8.71. The van der Waals surface area contributed by atoms with Crippen LogP contribution in [0.25, 0.3) is 0 Å². The van der Waals surface area contributed by atoms with Gasteiger partial charge in [0.05, 0.1) is 13.0 Å². The van der Waals surface area contributed by atoms with E-state index in [2.05, 4.69) is 5.32 Å². The van der Waals surface area contributed by atoms with Crippen LogP contribution in [-0.4, -0.2) is 25.0 Å². The van der Waals surface area contributed by atoms with Gasteiger partial charge in [0.25, 0.3) is 0 Å². The molecule has 0 aromatic carbocycles. The van der Waals surface area contributed by atoms with Crippen molar-refractivity contribution in [2.45, 2.75) is 38.6 Å². The summed E-state index contributed by atoms with van der Waals surface area (Å²) in [5.41, 5.74) is 0. The first-order chi connectivity index (χ1) is 6.65. The molecule has 1 aliphatic carbocycles. The molecule has 0 spiro atoms. The molecule has 14 heavy (non-hydrogen) atoms. The molecular formula is C10H17NO3. The van der Waals surface area contributed by atoms with Gasteiger partial charge in [-0.1, -0.05) is 12.8 Å². The van der Waals surface area contributed by atoms with E-state index < -0.39 is 0 Å². The Morgan fingerprint density at radius 1 is 1.29 bits per heavy atom. The third-order valence-electron chi connectivity index (χ3n) is 2.66. The van der Waals surface area contributed by atoms with Gasteiger partial charge in [-0.15, -0.1) is 0 Å². The van der Waals surface area contributed by atoms with Crippen LogP contribution in [0.15, 0.2) is 0 Å². The molecule has 80 valence electrons. The minimum absolute atomic E-state index is 0.0336. The van der Waals surface area contributed by atoms with E-state index in [9.17, 15) is 9.59 Å². The van der Waals surface area contributed by atoms with Crippen LogP contribution in [0.1, 0.15) is 32.6 Å². The molecule has 1 N–H and O–H groups in total. The number of hydrogen-bond acceptors (Lipinski definition) is 3. The number of hydrogen-bond donors (Lipinski definition) is 1. The van der Waals surface area contributed by atoms with Crippen molar-refractivity contribution in [3.63, 3.8) is 0 Å². The summed E-state index contributed by atoms with van der Waals surface area (Å²) in [5, 5.41) is 2.81. The molecule has 0 unspecified atom stereocenters. The number of esters is 1. The van der Waals surface area contributed by atoms with E-state index >= 15 is 0 Å². The second kappa shape index (κ2) is 4.98. The number of amides is 1. The first-order valence-corrected chi connectivity index (χ1v) is 5.00. The Kier molecular flexibility index (Phi) is 3.92. The van der Waals surface area contributed by atoms with Crippen molar-refractivity contribution >= 4 is 11.9 Å². The Morgan fingerprint density at radius 3 is 2.50 bits per heavy atom. The van der Waals surface area contributed by atoms with Gasteiger partial charge in [0, 0.05) is 13.0 Å². The average Bonchev–Trinajstić information content (AvgIpc) is 2.16. The Labute approximate surface area is 84.0 Å². The van der Waals surface area contributed by atoms with Gasteiger partial charge >= 0.3 is 5.97 Å². The van der Waals surface area contributed by atoms with E-state index in [4.69, 9.17) is 4.74 Å². The Hall–Kier alpha value is -1.06. The Balaban J connectivity index is 2.58. The highest BCUT2D eigenvalue weighted by Crippen LogP contribution is 2.25. The van der Waals surface area contributed by atoms with Gasteiger partial charge in [0.2, 0.25) is 5.91 Å². The number of carbonyl (C=O) groups is 2. The van der Waals surface area contributed by atoms with E-state index in [0.29, 0.717) is 0 Å². The quantitative estimate of drug-likeness (QED) is 0.671. The lowest BCUT2D eigenvalue weighted by Gasteiger charge is -2.29. The lowest BCUT2D eigenvalue weighted by molar-refractivity contribution is -0.147. The normalized spacial score (nSPS) is 26.7. The van der Waals surface area contributed by atoms with Crippen molar-refractivity contribution in [3.8, 4) is 0 Å².